The van der Waals surface area contributed by atoms with Crippen molar-refractivity contribution >= 4 is 11.5 Å². The molecule has 0 heterocycles. The van der Waals surface area contributed by atoms with Crippen molar-refractivity contribution in [3.05, 3.63) is 59.2 Å². The van der Waals surface area contributed by atoms with Gasteiger partial charge in [0.05, 0.1) is 0 Å². The molecule has 3 heteroatoms. The van der Waals surface area contributed by atoms with Crippen molar-refractivity contribution < 1.29 is 10.0 Å². The third kappa shape index (κ3) is 3.49. The molecule has 0 radical (unpaired) electrons. The Balaban J connectivity index is 1.75. The van der Waals surface area contributed by atoms with E-state index in [1.807, 2.05) is 6.07 Å². The van der Waals surface area contributed by atoms with Crippen LogP contribution < -0.4 is 0 Å². The Morgan fingerprint density at radius 2 is 1.67 bits per heavy atom. The molecule has 2 aliphatic carbocycles. The predicted octanol–water partition coefficient (Wildman–Crippen LogP) is 7.15. The second-order valence-electron chi connectivity index (χ2n) is 9.12. The molecule has 0 bridgehead atoms. The molecule has 158 valence electrons. The van der Waals surface area contributed by atoms with Gasteiger partial charge in [0.15, 0.2) is 0 Å². The van der Waals surface area contributed by atoms with Crippen LogP contribution in [0.25, 0.3) is 11.1 Å². The lowest BCUT2D eigenvalue weighted by Gasteiger charge is -2.32. The highest BCUT2D eigenvalue weighted by Crippen LogP contribution is 2.53. The number of hydrogen-bond donors (Lipinski definition) is 1. The molecule has 0 unspecified atom stereocenters. The Morgan fingerprint density at radius 3 is 2.33 bits per heavy atom. The zero-order valence-electron chi connectivity index (χ0n) is 18.3. The van der Waals surface area contributed by atoms with Crippen LogP contribution in [0.2, 0.25) is 0 Å². The third-order valence-corrected chi connectivity index (χ3v) is 7.22. The minimum absolute atomic E-state index is 0.0340. The van der Waals surface area contributed by atoms with E-state index in [-0.39, 0.29) is 11.2 Å². The smallest absolute Gasteiger partial charge is 0.210 e. The molecule has 0 saturated heterocycles. The number of rotatable bonds is 8. The molecule has 1 N–H and O–H groups in total. The van der Waals surface area contributed by atoms with Crippen LogP contribution in [0.3, 0.4) is 0 Å². The average Bonchev–Trinajstić information content (AvgIpc) is 3.38. The first-order valence-electron chi connectivity index (χ1n) is 11.6. The highest BCUT2D eigenvalue weighted by atomic mass is 16.4. The fraction of sp³-hybridized carbons (Fsp3) is 0.481. The van der Waals surface area contributed by atoms with Crippen molar-refractivity contribution in [3.63, 3.8) is 0 Å². The molecule has 4 rings (SSSR count). The van der Waals surface area contributed by atoms with E-state index in [1.165, 1.54) is 35.1 Å². The molecule has 2 aliphatic rings. The SMILES string of the molecule is CCCC1(CCC)c2ccccc2-c2ccc(C(=O)C(CC3CCCC3)=NO)cc21. The van der Waals surface area contributed by atoms with Gasteiger partial charge in [-0.05, 0) is 53.5 Å². The summed E-state index contributed by atoms with van der Waals surface area (Å²) in [5.74, 6) is 0.350. The van der Waals surface area contributed by atoms with Crippen molar-refractivity contribution in [2.24, 2.45) is 11.1 Å². The number of carbonyl (C=O) groups excluding carboxylic acids is 1. The Morgan fingerprint density at radius 1 is 1.00 bits per heavy atom. The minimum atomic E-state index is -0.120. The van der Waals surface area contributed by atoms with Gasteiger partial charge in [-0.25, -0.2) is 0 Å². The van der Waals surface area contributed by atoms with E-state index in [4.69, 9.17) is 0 Å². The fourth-order valence-electron chi connectivity index (χ4n) is 5.95. The number of benzene rings is 2. The zero-order chi connectivity index (χ0) is 21.1. The summed E-state index contributed by atoms with van der Waals surface area (Å²) < 4.78 is 0. The van der Waals surface area contributed by atoms with Gasteiger partial charge >= 0.3 is 0 Å². The Bertz CT molecular complexity index is 947. The van der Waals surface area contributed by atoms with Gasteiger partial charge in [0.2, 0.25) is 5.78 Å². The van der Waals surface area contributed by atoms with Crippen LogP contribution >= 0.6 is 0 Å². The van der Waals surface area contributed by atoms with E-state index >= 15 is 0 Å². The molecule has 2 aromatic rings. The molecule has 0 spiro atoms. The maximum absolute atomic E-state index is 13.3. The van der Waals surface area contributed by atoms with Crippen molar-refractivity contribution in [1.82, 2.24) is 0 Å². The standard InChI is InChI=1S/C27H33NO2/c1-3-15-27(16-4-2)23-12-8-7-11-21(23)22-14-13-20(18-24(22)27)26(29)25(28-30)17-19-9-5-6-10-19/h7-8,11-14,18-19,30H,3-6,9-10,15-17H2,1-2H3. The molecule has 0 amide bonds. The Hall–Kier alpha value is -2.42. The maximum Gasteiger partial charge on any atom is 0.210 e. The predicted molar refractivity (Wildman–Crippen MR) is 123 cm³/mol. The topological polar surface area (TPSA) is 49.7 Å². The number of nitrogens with zero attached hydrogens (tertiary/aromatic N) is 1. The maximum atomic E-state index is 13.3. The van der Waals surface area contributed by atoms with E-state index < -0.39 is 0 Å². The van der Waals surface area contributed by atoms with Crippen LogP contribution in [0.5, 0.6) is 0 Å². The molecular formula is C27H33NO2. The lowest BCUT2D eigenvalue weighted by molar-refractivity contribution is 0.105. The molecule has 0 aliphatic heterocycles. The zero-order valence-corrected chi connectivity index (χ0v) is 18.3. The summed E-state index contributed by atoms with van der Waals surface area (Å²) in [5, 5.41) is 13.0. The van der Waals surface area contributed by atoms with Crippen LogP contribution in [0, 0.1) is 5.92 Å². The second kappa shape index (κ2) is 8.75. The summed E-state index contributed by atoms with van der Waals surface area (Å²) in [7, 11) is 0. The van der Waals surface area contributed by atoms with Crippen LogP contribution in [0.4, 0.5) is 0 Å². The molecule has 0 atom stereocenters. The second-order valence-corrected chi connectivity index (χ2v) is 9.12. The van der Waals surface area contributed by atoms with Crippen LogP contribution in [0.1, 0.15) is 93.1 Å². The summed E-state index contributed by atoms with van der Waals surface area (Å²) in [4.78, 5) is 13.3. The van der Waals surface area contributed by atoms with Crippen molar-refractivity contribution in [3.8, 4) is 11.1 Å². The average molecular weight is 404 g/mol. The molecule has 30 heavy (non-hydrogen) atoms. The molecule has 1 saturated carbocycles. The molecule has 0 aromatic heterocycles. The van der Waals surface area contributed by atoms with Gasteiger partial charge < -0.3 is 5.21 Å². The van der Waals surface area contributed by atoms with Gasteiger partial charge in [0.25, 0.3) is 0 Å². The first-order valence-corrected chi connectivity index (χ1v) is 11.6. The van der Waals surface area contributed by atoms with Crippen molar-refractivity contribution in [2.45, 2.75) is 77.0 Å². The van der Waals surface area contributed by atoms with Gasteiger partial charge in [-0.15, -0.1) is 0 Å². The quantitative estimate of drug-likeness (QED) is 0.220. The largest absolute Gasteiger partial charge is 0.411 e. The monoisotopic (exact) mass is 403 g/mol. The van der Waals surface area contributed by atoms with Crippen molar-refractivity contribution in [2.75, 3.05) is 0 Å². The van der Waals surface area contributed by atoms with Crippen LogP contribution in [-0.2, 0) is 5.41 Å². The van der Waals surface area contributed by atoms with E-state index in [0.29, 0.717) is 23.6 Å². The number of fused-ring (bicyclic) bond motifs is 3. The molecular weight excluding hydrogens is 370 g/mol. The Kier molecular flexibility index (Phi) is 6.08. The summed E-state index contributed by atoms with van der Waals surface area (Å²) in [5.41, 5.74) is 6.16. The first-order chi connectivity index (χ1) is 14.6. The lowest BCUT2D eigenvalue weighted by atomic mass is 9.71. The summed E-state index contributed by atoms with van der Waals surface area (Å²) >= 11 is 0. The van der Waals surface area contributed by atoms with Crippen LogP contribution in [0.15, 0.2) is 47.6 Å². The van der Waals surface area contributed by atoms with Gasteiger partial charge in [0, 0.05) is 11.0 Å². The van der Waals surface area contributed by atoms with E-state index in [2.05, 4.69) is 55.4 Å². The number of Topliss-reactive ketones (excluding diaryl/α,β-unsaturated/α-hetero) is 1. The molecule has 3 nitrogen and oxygen atoms in total. The summed E-state index contributed by atoms with van der Waals surface area (Å²) in [6.45, 7) is 4.48. The summed E-state index contributed by atoms with van der Waals surface area (Å²) in [6.07, 6.45) is 9.60. The number of oxime groups is 1. The third-order valence-electron chi connectivity index (χ3n) is 7.22. The van der Waals surface area contributed by atoms with E-state index in [1.54, 1.807) is 0 Å². The van der Waals surface area contributed by atoms with Gasteiger partial charge in [-0.2, -0.15) is 0 Å². The number of hydrogen-bond acceptors (Lipinski definition) is 3. The van der Waals surface area contributed by atoms with Gasteiger partial charge in [0.1, 0.15) is 5.71 Å². The molecule has 1 fully saturated rings. The minimum Gasteiger partial charge on any atom is -0.411 e. The highest BCUT2D eigenvalue weighted by molar-refractivity contribution is 6.46. The van der Waals surface area contributed by atoms with Gasteiger partial charge in [-0.3, -0.25) is 4.79 Å². The van der Waals surface area contributed by atoms with Gasteiger partial charge in [-0.1, -0.05) is 93.9 Å². The first kappa shape index (κ1) is 20.8. The lowest BCUT2D eigenvalue weighted by Crippen LogP contribution is -2.25. The Labute approximate surface area is 180 Å². The molecule has 2 aromatic carbocycles. The summed E-state index contributed by atoms with van der Waals surface area (Å²) in [6, 6.07) is 14.8. The van der Waals surface area contributed by atoms with E-state index in [9.17, 15) is 10.0 Å². The number of ketones is 1. The van der Waals surface area contributed by atoms with Crippen LogP contribution in [-0.4, -0.2) is 16.7 Å². The number of carbonyl (C=O) groups is 1. The van der Waals surface area contributed by atoms with Crippen molar-refractivity contribution in [1.29, 1.82) is 0 Å². The highest BCUT2D eigenvalue weighted by Gasteiger charge is 2.42. The fourth-order valence-corrected chi connectivity index (χ4v) is 5.95. The van der Waals surface area contributed by atoms with E-state index in [0.717, 1.165) is 38.5 Å². The normalized spacial score (nSPS) is 17.7.